The Bertz CT molecular complexity index is 1410. The zero-order chi connectivity index (χ0) is 22.1. The van der Waals surface area contributed by atoms with Gasteiger partial charge in [0.2, 0.25) is 0 Å². The molecule has 0 atom stereocenters. The highest BCUT2D eigenvalue weighted by Gasteiger charge is 2.17. The number of H-pyrrole nitrogens is 1. The Labute approximate surface area is 174 Å². The fourth-order valence-corrected chi connectivity index (χ4v) is 3.30. The van der Waals surface area contributed by atoms with Crippen molar-refractivity contribution in [3.8, 4) is 16.9 Å². The van der Waals surface area contributed by atoms with Crippen LogP contribution < -0.4 is 16.6 Å². The Morgan fingerprint density at radius 3 is 2.58 bits per heavy atom. The first-order valence-electron chi connectivity index (χ1n) is 9.09. The molecule has 0 aliphatic carbocycles. The molecule has 0 fully saturated rings. The van der Waals surface area contributed by atoms with Crippen molar-refractivity contribution in [2.45, 2.75) is 0 Å². The van der Waals surface area contributed by atoms with Crippen molar-refractivity contribution in [3.05, 3.63) is 82.4 Å². The number of rotatable bonds is 5. The number of benzene rings is 2. The third-order valence-electron chi connectivity index (χ3n) is 4.80. The highest BCUT2D eigenvalue weighted by Crippen LogP contribution is 2.34. The Balaban J connectivity index is 1.91. The third kappa shape index (κ3) is 3.55. The van der Waals surface area contributed by atoms with Gasteiger partial charge in [-0.15, -0.1) is 0 Å². The second-order valence-electron chi connectivity index (χ2n) is 6.69. The molecule has 31 heavy (non-hydrogen) atoms. The third-order valence-corrected chi connectivity index (χ3v) is 4.80. The fourth-order valence-electron chi connectivity index (χ4n) is 3.30. The summed E-state index contributed by atoms with van der Waals surface area (Å²) in [5.41, 5.74) is 6.86. The summed E-state index contributed by atoms with van der Waals surface area (Å²) in [7, 11) is 0. The van der Waals surface area contributed by atoms with Gasteiger partial charge in [-0.2, -0.15) is 0 Å². The second kappa shape index (κ2) is 7.64. The van der Waals surface area contributed by atoms with E-state index in [1.54, 1.807) is 42.5 Å². The van der Waals surface area contributed by atoms with Crippen molar-refractivity contribution in [3.63, 3.8) is 0 Å². The van der Waals surface area contributed by atoms with Crippen LogP contribution >= 0.6 is 0 Å². The van der Waals surface area contributed by atoms with Crippen LogP contribution in [0.4, 0.5) is 11.4 Å². The number of primary amides is 1. The molecule has 6 N–H and O–H groups in total. The number of aromatic hydroxyl groups is 1. The predicted molar refractivity (Wildman–Crippen MR) is 115 cm³/mol. The predicted octanol–water partition coefficient (Wildman–Crippen LogP) is 2.84. The summed E-state index contributed by atoms with van der Waals surface area (Å²) in [5.74, 6) is -2.29. The number of fused-ring (bicyclic) bond motifs is 1. The van der Waals surface area contributed by atoms with Crippen molar-refractivity contribution in [1.82, 2.24) is 9.97 Å². The molecule has 0 aliphatic heterocycles. The van der Waals surface area contributed by atoms with Gasteiger partial charge in [-0.1, -0.05) is 24.3 Å². The molecule has 0 unspecified atom stereocenters. The van der Waals surface area contributed by atoms with Crippen LogP contribution in [0, 0.1) is 0 Å². The van der Waals surface area contributed by atoms with Crippen LogP contribution in [-0.2, 0) is 0 Å². The van der Waals surface area contributed by atoms with Gasteiger partial charge in [-0.3, -0.25) is 14.6 Å². The Morgan fingerprint density at radius 2 is 1.84 bits per heavy atom. The summed E-state index contributed by atoms with van der Waals surface area (Å²) >= 11 is 0. The van der Waals surface area contributed by atoms with Gasteiger partial charge in [0, 0.05) is 23.3 Å². The average Bonchev–Trinajstić information content (AvgIpc) is 2.75. The number of para-hydroxylation sites is 1. The number of nitrogens with one attached hydrogen (secondary N) is 2. The minimum absolute atomic E-state index is 0.0212. The number of aromatic carboxylic acids is 1. The molecule has 0 saturated carbocycles. The topological polar surface area (TPSA) is 158 Å². The normalized spacial score (nSPS) is 10.7. The van der Waals surface area contributed by atoms with Gasteiger partial charge >= 0.3 is 5.97 Å². The second-order valence-corrected chi connectivity index (χ2v) is 6.69. The van der Waals surface area contributed by atoms with Crippen molar-refractivity contribution in [2.75, 3.05) is 5.32 Å². The number of carboxylic acids is 1. The fraction of sp³-hybridized carbons (Fsp3) is 0. The molecular formula is C22H16N4O5. The van der Waals surface area contributed by atoms with Gasteiger partial charge < -0.3 is 26.2 Å². The number of nitrogens with zero attached hydrogens (tertiary/aromatic N) is 1. The standard InChI is InChI=1S/C22H16N4O5/c23-20(28)15-10-25-17-9-11(12-7-8-24-21(29)19(12)27)5-6-13(17)18(15)26-16-4-2-1-3-14(16)22(30)31/h1-10,27H,(H2,23,28)(H,24,29)(H,25,26)(H,30,31). The summed E-state index contributed by atoms with van der Waals surface area (Å²) in [5, 5.41) is 23.0. The van der Waals surface area contributed by atoms with Gasteiger partial charge in [0.05, 0.1) is 28.0 Å². The number of hydrogen-bond acceptors (Lipinski definition) is 6. The summed E-state index contributed by atoms with van der Waals surface area (Å²) in [4.78, 5) is 41.9. The van der Waals surface area contributed by atoms with Crippen LogP contribution in [-0.4, -0.2) is 32.1 Å². The number of carboxylic acid groups (broad SMARTS) is 1. The van der Waals surface area contributed by atoms with E-state index >= 15 is 0 Å². The molecule has 0 spiro atoms. The van der Waals surface area contributed by atoms with Crippen LogP contribution in [0.3, 0.4) is 0 Å². The average molecular weight is 416 g/mol. The van der Waals surface area contributed by atoms with Gasteiger partial charge in [-0.05, 0) is 29.8 Å². The van der Waals surface area contributed by atoms with Crippen molar-refractivity contribution in [1.29, 1.82) is 0 Å². The van der Waals surface area contributed by atoms with E-state index in [9.17, 15) is 24.6 Å². The Kier molecular flexibility index (Phi) is 4.84. The van der Waals surface area contributed by atoms with Crippen LogP contribution in [0.15, 0.2) is 65.7 Å². The van der Waals surface area contributed by atoms with E-state index in [2.05, 4.69) is 15.3 Å². The van der Waals surface area contributed by atoms with E-state index in [-0.39, 0.29) is 16.8 Å². The van der Waals surface area contributed by atoms with Crippen LogP contribution in [0.2, 0.25) is 0 Å². The molecule has 4 aromatic rings. The lowest BCUT2D eigenvalue weighted by Gasteiger charge is -2.15. The molecule has 2 aromatic heterocycles. The molecule has 4 rings (SSSR count). The quantitative estimate of drug-likeness (QED) is 0.334. The zero-order valence-electron chi connectivity index (χ0n) is 15.9. The number of nitrogens with two attached hydrogens (primary N) is 1. The van der Waals surface area contributed by atoms with Gasteiger partial charge in [-0.25, -0.2) is 4.79 Å². The number of pyridine rings is 2. The van der Waals surface area contributed by atoms with Crippen molar-refractivity contribution < 1.29 is 19.8 Å². The molecule has 2 aromatic carbocycles. The minimum atomic E-state index is -1.13. The first-order valence-corrected chi connectivity index (χ1v) is 9.09. The monoisotopic (exact) mass is 416 g/mol. The SMILES string of the molecule is NC(=O)c1cnc2cc(-c3cc[nH]c(=O)c3O)ccc2c1Nc1ccccc1C(=O)O. The maximum absolute atomic E-state index is 12.0. The zero-order valence-corrected chi connectivity index (χ0v) is 15.9. The molecular weight excluding hydrogens is 400 g/mol. The molecule has 2 heterocycles. The molecule has 0 radical (unpaired) electrons. The van der Waals surface area contributed by atoms with Crippen LogP contribution in [0.25, 0.3) is 22.0 Å². The molecule has 0 aliphatic rings. The summed E-state index contributed by atoms with van der Waals surface area (Å²) in [6.07, 6.45) is 2.71. The van der Waals surface area contributed by atoms with Gasteiger partial charge in [0.15, 0.2) is 5.75 Å². The number of hydrogen-bond donors (Lipinski definition) is 5. The molecule has 9 heteroatoms. The number of amides is 1. The summed E-state index contributed by atoms with van der Waals surface area (Å²) in [6.45, 7) is 0. The van der Waals surface area contributed by atoms with E-state index in [1.165, 1.54) is 18.5 Å². The highest BCUT2D eigenvalue weighted by molar-refractivity contribution is 6.09. The number of carbonyl (C=O) groups excluding carboxylic acids is 1. The Hall–Kier alpha value is -4.66. The first-order chi connectivity index (χ1) is 14.9. The van der Waals surface area contributed by atoms with E-state index < -0.39 is 23.2 Å². The smallest absolute Gasteiger partial charge is 0.337 e. The number of anilines is 2. The van der Waals surface area contributed by atoms with E-state index in [0.717, 1.165) is 0 Å². The molecule has 1 amide bonds. The van der Waals surface area contributed by atoms with Crippen LogP contribution in [0.1, 0.15) is 20.7 Å². The lowest BCUT2D eigenvalue weighted by molar-refractivity contribution is 0.0697. The lowest BCUT2D eigenvalue weighted by Crippen LogP contribution is -2.15. The Morgan fingerprint density at radius 1 is 1.06 bits per heavy atom. The van der Waals surface area contributed by atoms with E-state index in [0.29, 0.717) is 27.7 Å². The highest BCUT2D eigenvalue weighted by atomic mass is 16.4. The number of carbonyl (C=O) groups is 2. The molecule has 9 nitrogen and oxygen atoms in total. The first kappa shape index (κ1) is 19.6. The minimum Gasteiger partial charge on any atom is -0.503 e. The lowest BCUT2D eigenvalue weighted by atomic mass is 10.0. The van der Waals surface area contributed by atoms with Crippen molar-refractivity contribution in [2.24, 2.45) is 5.73 Å². The molecule has 0 bridgehead atoms. The van der Waals surface area contributed by atoms with E-state index in [4.69, 9.17) is 5.73 Å². The molecule has 0 saturated heterocycles. The molecule has 154 valence electrons. The largest absolute Gasteiger partial charge is 0.503 e. The summed E-state index contributed by atoms with van der Waals surface area (Å²) in [6, 6.07) is 12.8. The van der Waals surface area contributed by atoms with Crippen LogP contribution in [0.5, 0.6) is 5.75 Å². The van der Waals surface area contributed by atoms with Crippen molar-refractivity contribution >= 4 is 34.2 Å². The summed E-state index contributed by atoms with van der Waals surface area (Å²) < 4.78 is 0. The van der Waals surface area contributed by atoms with Gasteiger partial charge in [0.25, 0.3) is 11.5 Å². The maximum atomic E-state index is 12.0. The number of aromatic nitrogens is 2. The van der Waals surface area contributed by atoms with E-state index in [1.807, 2.05) is 0 Å². The maximum Gasteiger partial charge on any atom is 0.337 e. The number of aromatic amines is 1. The van der Waals surface area contributed by atoms with Gasteiger partial charge in [0.1, 0.15) is 0 Å².